The number of nitrogens with zero attached hydrogens (tertiary/aromatic N) is 4. The lowest BCUT2D eigenvalue weighted by atomic mass is 10.1. The number of aliphatic imine (C=N–C) groups is 1. The van der Waals surface area contributed by atoms with Gasteiger partial charge in [0.1, 0.15) is 12.4 Å². The van der Waals surface area contributed by atoms with Crippen LogP contribution in [-0.2, 0) is 25.9 Å². The second-order valence-electron chi connectivity index (χ2n) is 7.26. The number of hydrogen-bond acceptors (Lipinski definition) is 3. The lowest BCUT2D eigenvalue weighted by Crippen LogP contribution is -2.42. The molecule has 2 N–H and O–H groups in total. The van der Waals surface area contributed by atoms with E-state index in [0.29, 0.717) is 12.6 Å². The zero-order valence-corrected chi connectivity index (χ0v) is 16.6. The summed E-state index contributed by atoms with van der Waals surface area (Å²) < 4.78 is 2.26. The standard InChI is InChI=1S/C21H32N6/c1-3-22-21(24-17(2)13-14-18-10-6-4-7-11-18)23-16-20-26-25-19-12-8-5-9-15-27(19)20/h4,6-7,10-11,17H,3,5,8-9,12-16H2,1-2H3,(H2,22,23,24). The molecule has 0 aliphatic carbocycles. The van der Waals surface area contributed by atoms with Gasteiger partial charge in [-0.15, -0.1) is 10.2 Å². The van der Waals surface area contributed by atoms with Gasteiger partial charge in [0.15, 0.2) is 11.8 Å². The summed E-state index contributed by atoms with van der Waals surface area (Å²) >= 11 is 0. The van der Waals surface area contributed by atoms with E-state index in [-0.39, 0.29) is 0 Å². The van der Waals surface area contributed by atoms with Crippen molar-refractivity contribution in [1.29, 1.82) is 0 Å². The molecule has 6 nitrogen and oxygen atoms in total. The summed E-state index contributed by atoms with van der Waals surface area (Å²) in [4.78, 5) is 4.76. The van der Waals surface area contributed by atoms with E-state index in [1.165, 1.54) is 24.8 Å². The fraction of sp³-hybridized carbons (Fsp3) is 0.571. The molecule has 1 atom stereocenters. The molecule has 0 spiro atoms. The SMILES string of the molecule is CCNC(=NCc1nnc2n1CCCCC2)NC(C)CCc1ccccc1. The fourth-order valence-electron chi connectivity index (χ4n) is 3.47. The summed E-state index contributed by atoms with van der Waals surface area (Å²) in [6.45, 7) is 6.72. The van der Waals surface area contributed by atoms with E-state index < -0.39 is 0 Å². The summed E-state index contributed by atoms with van der Waals surface area (Å²) in [7, 11) is 0. The minimum absolute atomic E-state index is 0.346. The van der Waals surface area contributed by atoms with E-state index in [9.17, 15) is 0 Å². The lowest BCUT2D eigenvalue weighted by molar-refractivity contribution is 0.587. The van der Waals surface area contributed by atoms with Crippen LogP contribution in [0.4, 0.5) is 0 Å². The highest BCUT2D eigenvalue weighted by Gasteiger charge is 2.14. The molecule has 1 aromatic heterocycles. The Morgan fingerprint density at radius 2 is 2.04 bits per heavy atom. The smallest absolute Gasteiger partial charge is 0.191 e. The lowest BCUT2D eigenvalue weighted by Gasteiger charge is -2.18. The van der Waals surface area contributed by atoms with E-state index in [0.717, 1.165) is 50.0 Å². The maximum absolute atomic E-state index is 4.76. The predicted octanol–water partition coefficient (Wildman–Crippen LogP) is 3.08. The summed E-state index contributed by atoms with van der Waals surface area (Å²) in [5.74, 6) is 2.94. The second kappa shape index (κ2) is 10.1. The third-order valence-corrected chi connectivity index (χ3v) is 5.00. The summed E-state index contributed by atoms with van der Waals surface area (Å²) in [6.07, 6.45) is 6.85. The maximum atomic E-state index is 4.76. The van der Waals surface area contributed by atoms with Crippen LogP contribution in [0.1, 0.15) is 56.7 Å². The summed E-state index contributed by atoms with van der Waals surface area (Å²) in [6, 6.07) is 11.0. The summed E-state index contributed by atoms with van der Waals surface area (Å²) in [5, 5.41) is 15.6. The van der Waals surface area contributed by atoms with Gasteiger partial charge >= 0.3 is 0 Å². The molecule has 0 saturated heterocycles. The van der Waals surface area contributed by atoms with Gasteiger partial charge in [0.05, 0.1) is 0 Å². The Bertz CT molecular complexity index is 722. The predicted molar refractivity (Wildman–Crippen MR) is 110 cm³/mol. The molecular weight excluding hydrogens is 336 g/mol. The number of aryl methyl sites for hydroxylation is 2. The monoisotopic (exact) mass is 368 g/mol. The van der Waals surface area contributed by atoms with Crippen LogP contribution < -0.4 is 10.6 Å². The first-order valence-corrected chi connectivity index (χ1v) is 10.3. The van der Waals surface area contributed by atoms with Crippen LogP contribution in [-0.4, -0.2) is 33.3 Å². The van der Waals surface area contributed by atoms with Crippen molar-refractivity contribution in [2.75, 3.05) is 6.54 Å². The highest BCUT2D eigenvalue weighted by Crippen LogP contribution is 2.14. The van der Waals surface area contributed by atoms with Gasteiger partial charge < -0.3 is 15.2 Å². The minimum atomic E-state index is 0.346. The van der Waals surface area contributed by atoms with Gasteiger partial charge in [0.25, 0.3) is 0 Å². The molecule has 0 amide bonds. The molecule has 1 unspecified atom stereocenters. The van der Waals surface area contributed by atoms with Gasteiger partial charge in [-0.25, -0.2) is 4.99 Å². The van der Waals surface area contributed by atoms with Crippen molar-refractivity contribution >= 4 is 5.96 Å². The highest BCUT2D eigenvalue weighted by atomic mass is 15.3. The minimum Gasteiger partial charge on any atom is -0.357 e. The Morgan fingerprint density at radius 3 is 2.85 bits per heavy atom. The van der Waals surface area contributed by atoms with Gasteiger partial charge in [-0.1, -0.05) is 36.8 Å². The molecule has 1 aliphatic heterocycles. The fourth-order valence-corrected chi connectivity index (χ4v) is 3.47. The van der Waals surface area contributed by atoms with Crippen LogP contribution >= 0.6 is 0 Å². The molecule has 3 rings (SSSR count). The van der Waals surface area contributed by atoms with Crippen LogP contribution in [0.25, 0.3) is 0 Å². The van der Waals surface area contributed by atoms with Gasteiger partial charge in [0.2, 0.25) is 0 Å². The Hall–Kier alpha value is -2.37. The van der Waals surface area contributed by atoms with Crippen molar-refractivity contribution < 1.29 is 0 Å². The largest absolute Gasteiger partial charge is 0.357 e. The van der Waals surface area contributed by atoms with Crippen LogP contribution in [0, 0.1) is 0 Å². The molecule has 0 fully saturated rings. The Kier molecular flexibility index (Phi) is 7.25. The van der Waals surface area contributed by atoms with Crippen molar-refractivity contribution in [3.05, 3.63) is 47.5 Å². The molecule has 146 valence electrons. The number of guanidine groups is 1. The number of rotatable bonds is 7. The van der Waals surface area contributed by atoms with E-state index in [1.54, 1.807) is 0 Å². The van der Waals surface area contributed by atoms with E-state index >= 15 is 0 Å². The van der Waals surface area contributed by atoms with Crippen molar-refractivity contribution in [2.45, 2.75) is 71.5 Å². The molecule has 27 heavy (non-hydrogen) atoms. The molecule has 2 heterocycles. The van der Waals surface area contributed by atoms with Gasteiger partial charge in [-0.2, -0.15) is 0 Å². The average Bonchev–Trinajstić information content (AvgIpc) is 2.91. The highest BCUT2D eigenvalue weighted by molar-refractivity contribution is 5.79. The first kappa shape index (κ1) is 19.4. The third kappa shape index (κ3) is 5.81. The number of fused-ring (bicyclic) bond motifs is 1. The van der Waals surface area contributed by atoms with Crippen LogP contribution in [0.3, 0.4) is 0 Å². The van der Waals surface area contributed by atoms with Crippen LogP contribution in [0.5, 0.6) is 0 Å². The number of benzene rings is 1. The molecule has 0 saturated carbocycles. The van der Waals surface area contributed by atoms with E-state index in [1.807, 2.05) is 0 Å². The van der Waals surface area contributed by atoms with Crippen molar-refractivity contribution in [2.24, 2.45) is 4.99 Å². The molecular formula is C21H32N6. The van der Waals surface area contributed by atoms with Gasteiger partial charge in [-0.3, -0.25) is 0 Å². The number of aromatic nitrogens is 3. The Labute approximate surface area is 162 Å². The molecule has 1 aromatic carbocycles. The van der Waals surface area contributed by atoms with E-state index in [2.05, 4.69) is 69.6 Å². The third-order valence-electron chi connectivity index (χ3n) is 5.00. The molecule has 6 heteroatoms. The molecule has 1 aliphatic rings. The maximum Gasteiger partial charge on any atom is 0.191 e. The Balaban J connectivity index is 1.57. The zero-order chi connectivity index (χ0) is 18.9. The topological polar surface area (TPSA) is 67.1 Å². The van der Waals surface area contributed by atoms with Crippen molar-refractivity contribution in [3.8, 4) is 0 Å². The van der Waals surface area contributed by atoms with Gasteiger partial charge in [-0.05, 0) is 45.1 Å². The van der Waals surface area contributed by atoms with Crippen molar-refractivity contribution in [1.82, 2.24) is 25.4 Å². The quantitative estimate of drug-likeness (QED) is 0.582. The van der Waals surface area contributed by atoms with Gasteiger partial charge in [0, 0.05) is 25.6 Å². The number of hydrogen-bond donors (Lipinski definition) is 2. The molecule has 0 radical (unpaired) electrons. The summed E-state index contributed by atoms with van der Waals surface area (Å²) in [5.41, 5.74) is 1.37. The molecule has 2 aromatic rings. The van der Waals surface area contributed by atoms with Crippen LogP contribution in [0.15, 0.2) is 35.3 Å². The van der Waals surface area contributed by atoms with E-state index in [4.69, 9.17) is 4.99 Å². The Morgan fingerprint density at radius 1 is 1.19 bits per heavy atom. The van der Waals surface area contributed by atoms with Crippen LogP contribution in [0.2, 0.25) is 0 Å². The number of nitrogens with one attached hydrogen (secondary N) is 2. The normalized spacial score (nSPS) is 15.7. The average molecular weight is 369 g/mol. The van der Waals surface area contributed by atoms with Crippen molar-refractivity contribution in [3.63, 3.8) is 0 Å². The zero-order valence-electron chi connectivity index (χ0n) is 16.6. The molecule has 0 bridgehead atoms. The second-order valence-corrected chi connectivity index (χ2v) is 7.26. The first-order valence-electron chi connectivity index (χ1n) is 10.3. The first-order chi connectivity index (χ1) is 13.3.